The Hall–Kier alpha value is -2.83. The summed E-state index contributed by atoms with van der Waals surface area (Å²) in [6.45, 7) is 13.8. The Labute approximate surface area is 172 Å². The predicted molar refractivity (Wildman–Crippen MR) is 115 cm³/mol. The second-order valence-corrected chi connectivity index (χ2v) is 8.78. The first-order chi connectivity index (χ1) is 13.5. The minimum absolute atomic E-state index is 0.00686. The maximum absolute atomic E-state index is 12.6. The van der Waals surface area contributed by atoms with Gasteiger partial charge in [-0.1, -0.05) is 45.9 Å². The number of carbonyl (C=O) groups is 2. The SMILES string of the molecule is CC(C)c1cccc(C(C)C)c1NC(=O)Nc1cnn(COC(=O)C(C)(C)C)c1. The van der Waals surface area contributed by atoms with Crippen molar-refractivity contribution in [1.29, 1.82) is 0 Å². The third-order valence-electron chi connectivity index (χ3n) is 4.44. The summed E-state index contributed by atoms with van der Waals surface area (Å²) in [7, 11) is 0. The quantitative estimate of drug-likeness (QED) is 0.643. The smallest absolute Gasteiger partial charge is 0.323 e. The van der Waals surface area contributed by atoms with E-state index in [1.54, 1.807) is 27.0 Å². The Kier molecular flexibility index (Phi) is 7.06. The van der Waals surface area contributed by atoms with E-state index in [4.69, 9.17) is 4.74 Å². The van der Waals surface area contributed by atoms with E-state index in [1.807, 2.05) is 18.2 Å². The summed E-state index contributed by atoms with van der Waals surface area (Å²) in [6.07, 6.45) is 3.13. The molecule has 1 aromatic carbocycles. The van der Waals surface area contributed by atoms with Gasteiger partial charge in [0.15, 0.2) is 6.73 Å². The lowest BCUT2D eigenvalue weighted by molar-refractivity contribution is -0.157. The van der Waals surface area contributed by atoms with Gasteiger partial charge in [0.2, 0.25) is 0 Å². The van der Waals surface area contributed by atoms with Gasteiger partial charge in [0.05, 0.1) is 23.5 Å². The van der Waals surface area contributed by atoms with Crippen molar-refractivity contribution in [1.82, 2.24) is 9.78 Å². The van der Waals surface area contributed by atoms with Crippen LogP contribution >= 0.6 is 0 Å². The van der Waals surface area contributed by atoms with Crippen molar-refractivity contribution < 1.29 is 14.3 Å². The highest BCUT2D eigenvalue weighted by Crippen LogP contribution is 2.32. The summed E-state index contributed by atoms with van der Waals surface area (Å²) in [5.41, 5.74) is 2.97. The molecular formula is C22H32N4O3. The van der Waals surface area contributed by atoms with Crippen molar-refractivity contribution in [3.8, 4) is 0 Å². The standard InChI is InChI=1S/C22H32N4O3/c1-14(2)17-9-8-10-18(15(3)4)19(17)25-21(28)24-16-11-23-26(12-16)13-29-20(27)22(5,6)7/h8-12,14-15H,13H2,1-7H3,(H2,24,25,28). The monoisotopic (exact) mass is 400 g/mol. The number of hydrogen-bond acceptors (Lipinski definition) is 4. The van der Waals surface area contributed by atoms with Crippen LogP contribution < -0.4 is 10.6 Å². The summed E-state index contributed by atoms with van der Waals surface area (Å²) >= 11 is 0. The zero-order chi connectivity index (χ0) is 21.8. The molecule has 0 aliphatic rings. The molecule has 2 aromatic rings. The molecule has 0 saturated carbocycles. The Bertz CT molecular complexity index is 837. The predicted octanol–water partition coefficient (Wildman–Crippen LogP) is 5.32. The van der Waals surface area contributed by atoms with Gasteiger partial charge in [-0.05, 0) is 43.7 Å². The summed E-state index contributed by atoms with van der Waals surface area (Å²) < 4.78 is 6.68. The van der Waals surface area contributed by atoms with Crippen LogP contribution in [0.2, 0.25) is 0 Å². The minimum atomic E-state index is -0.577. The highest BCUT2D eigenvalue weighted by molar-refractivity contribution is 6.00. The Morgan fingerprint density at radius 1 is 1.07 bits per heavy atom. The zero-order valence-corrected chi connectivity index (χ0v) is 18.4. The number of hydrogen-bond donors (Lipinski definition) is 2. The number of rotatable bonds is 6. The van der Waals surface area contributed by atoms with E-state index in [1.165, 1.54) is 10.9 Å². The second kappa shape index (κ2) is 9.11. The second-order valence-electron chi connectivity index (χ2n) is 8.78. The van der Waals surface area contributed by atoms with Gasteiger partial charge < -0.3 is 15.4 Å². The number of esters is 1. The van der Waals surface area contributed by atoms with Crippen LogP contribution in [0, 0.1) is 5.41 Å². The van der Waals surface area contributed by atoms with Gasteiger partial charge >= 0.3 is 12.0 Å². The van der Waals surface area contributed by atoms with Gasteiger partial charge in [0, 0.05) is 5.69 Å². The number of ether oxygens (including phenoxy) is 1. The molecule has 2 amide bonds. The summed E-state index contributed by atoms with van der Waals surface area (Å²) in [6, 6.07) is 5.75. The minimum Gasteiger partial charge on any atom is -0.442 e. The van der Waals surface area contributed by atoms with Crippen molar-refractivity contribution in [3.05, 3.63) is 41.7 Å². The summed E-state index contributed by atoms with van der Waals surface area (Å²) in [4.78, 5) is 24.5. The average molecular weight is 401 g/mol. The van der Waals surface area contributed by atoms with E-state index in [2.05, 4.69) is 43.4 Å². The van der Waals surface area contributed by atoms with Crippen LogP contribution in [-0.4, -0.2) is 21.8 Å². The van der Waals surface area contributed by atoms with Crippen LogP contribution in [0.5, 0.6) is 0 Å². The van der Waals surface area contributed by atoms with E-state index in [0.29, 0.717) is 5.69 Å². The van der Waals surface area contributed by atoms with Crippen LogP contribution in [0.1, 0.15) is 71.4 Å². The number of nitrogens with one attached hydrogen (secondary N) is 2. The van der Waals surface area contributed by atoms with Crippen molar-refractivity contribution >= 4 is 23.4 Å². The molecule has 0 saturated heterocycles. The molecule has 0 radical (unpaired) electrons. The third-order valence-corrected chi connectivity index (χ3v) is 4.44. The van der Waals surface area contributed by atoms with Gasteiger partial charge in [-0.15, -0.1) is 0 Å². The Morgan fingerprint density at radius 2 is 1.66 bits per heavy atom. The van der Waals surface area contributed by atoms with Crippen molar-refractivity contribution in [2.24, 2.45) is 5.41 Å². The van der Waals surface area contributed by atoms with E-state index < -0.39 is 5.41 Å². The first-order valence-corrected chi connectivity index (χ1v) is 9.89. The van der Waals surface area contributed by atoms with Gasteiger partial charge in [0.1, 0.15) is 0 Å². The number of para-hydroxylation sites is 1. The number of aromatic nitrogens is 2. The van der Waals surface area contributed by atoms with Crippen LogP contribution in [0.15, 0.2) is 30.6 Å². The van der Waals surface area contributed by atoms with Gasteiger partial charge in [-0.3, -0.25) is 4.79 Å². The van der Waals surface area contributed by atoms with E-state index >= 15 is 0 Å². The normalized spacial score (nSPS) is 11.6. The molecular weight excluding hydrogens is 368 g/mol. The highest BCUT2D eigenvalue weighted by atomic mass is 16.5. The summed E-state index contributed by atoms with van der Waals surface area (Å²) in [5.74, 6) is 0.250. The molecule has 1 heterocycles. The largest absolute Gasteiger partial charge is 0.442 e. The fourth-order valence-corrected chi connectivity index (χ4v) is 2.81. The van der Waals surface area contributed by atoms with Crippen molar-refractivity contribution in [2.75, 3.05) is 10.6 Å². The molecule has 0 atom stereocenters. The molecule has 1 aromatic heterocycles. The van der Waals surface area contributed by atoms with Crippen LogP contribution in [0.3, 0.4) is 0 Å². The average Bonchev–Trinajstić information content (AvgIpc) is 3.05. The number of anilines is 2. The van der Waals surface area contributed by atoms with E-state index in [-0.39, 0.29) is 30.6 Å². The Morgan fingerprint density at radius 3 is 2.17 bits per heavy atom. The Balaban J connectivity index is 2.06. The molecule has 0 unspecified atom stereocenters. The third kappa shape index (κ3) is 6.07. The van der Waals surface area contributed by atoms with Gasteiger partial charge in [-0.2, -0.15) is 5.10 Å². The molecule has 158 valence electrons. The molecule has 2 rings (SSSR count). The number of urea groups is 1. The lowest BCUT2D eigenvalue weighted by atomic mass is 9.93. The maximum Gasteiger partial charge on any atom is 0.323 e. The first-order valence-electron chi connectivity index (χ1n) is 9.89. The molecule has 7 heteroatoms. The molecule has 0 aliphatic heterocycles. The molecule has 0 aliphatic carbocycles. The summed E-state index contributed by atoms with van der Waals surface area (Å²) in [5, 5.41) is 9.90. The fraction of sp³-hybridized carbons (Fsp3) is 0.500. The van der Waals surface area contributed by atoms with Crippen LogP contribution in [0.25, 0.3) is 0 Å². The number of benzene rings is 1. The first kappa shape index (κ1) is 22.5. The highest BCUT2D eigenvalue weighted by Gasteiger charge is 2.23. The molecule has 7 nitrogen and oxygen atoms in total. The molecule has 29 heavy (non-hydrogen) atoms. The van der Waals surface area contributed by atoms with Crippen molar-refractivity contribution in [2.45, 2.75) is 67.0 Å². The number of amides is 2. The topological polar surface area (TPSA) is 85.2 Å². The van der Waals surface area contributed by atoms with E-state index in [9.17, 15) is 9.59 Å². The van der Waals surface area contributed by atoms with Gasteiger partial charge in [-0.25, -0.2) is 9.48 Å². The maximum atomic E-state index is 12.6. The number of nitrogens with zero attached hydrogens (tertiary/aromatic N) is 2. The molecule has 2 N–H and O–H groups in total. The lowest BCUT2D eigenvalue weighted by Gasteiger charge is -2.20. The van der Waals surface area contributed by atoms with Crippen LogP contribution in [-0.2, 0) is 16.3 Å². The molecule has 0 spiro atoms. The van der Waals surface area contributed by atoms with E-state index in [0.717, 1.165) is 16.8 Å². The fourth-order valence-electron chi connectivity index (χ4n) is 2.81. The lowest BCUT2D eigenvalue weighted by Crippen LogP contribution is -2.24. The number of carbonyl (C=O) groups excluding carboxylic acids is 2. The molecule has 0 fully saturated rings. The van der Waals surface area contributed by atoms with Crippen molar-refractivity contribution in [3.63, 3.8) is 0 Å². The van der Waals surface area contributed by atoms with Crippen LogP contribution in [0.4, 0.5) is 16.2 Å². The zero-order valence-electron chi connectivity index (χ0n) is 18.4. The molecule has 0 bridgehead atoms. The van der Waals surface area contributed by atoms with Gasteiger partial charge in [0.25, 0.3) is 0 Å².